The number of anilines is 1. The van der Waals surface area contributed by atoms with Crippen molar-refractivity contribution in [3.05, 3.63) is 28.8 Å². The number of hydrogen-bond acceptors (Lipinski definition) is 6. The Bertz CT molecular complexity index is 918. The quantitative estimate of drug-likeness (QED) is 0.475. The number of halogens is 1. The maximum absolute atomic E-state index is 13.2. The third kappa shape index (κ3) is 4.53. The summed E-state index contributed by atoms with van der Waals surface area (Å²) in [6.07, 6.45) is 3.27. The van der Waals surface area contributed by atoms with Crippen LogP contribution in [0.25, 0.3) is 0 Å². The SMILES string of the molecule is COC1COCCC1S(=O)(=O)c1c(Cl)ccc(NC(=O)NC2CCC=C2C)c1O. The topological polar surface area (TPSA) is 114 Å². The molecule has 8 nitrogen and oxygen atoms in total. The van der Waals surface area contributed by atoms with Gasteiger partial charge in [0.25, 0.3) is 0 Å². The average Bonchev–Trinajstić information content (AvgIpc) is 3.08. The van der Waals surface area contributed by atoms with Crippen LogP contribution in [0.2, 0.25) is 5.02 Å². The zero-order valence-electron chi connectivity index (χ0n) is 16.3. The Kier molecular flexibility index (Phi) is 6.72. The molecule has 10 heteroatoms. The van der Waals surface area contributed by atoms with E-state index in [0.717, 1.165) is 18.4 Å². The number of hydrogen-bond donors (Lipinski definition) is 3. The number of methoxy groups -OCH3 is 1. The van der Waals surface area contributed by atoms with Gasteiger partial charge in [0, 0.05) is 13.7 Å². The molecule has 1 fully saturated rings. The second-order valence-electron chi connectivity index (χ2n) is 7.17. The van der Waals surface area contributed by atoms with Crippen LogP contribution < -0.4 is 10.6 Å². The van der Waals surface area contributed by atoms with Crippen molar-refractivity contribution in [3.63, 3.8) is 0 Å². The highest BCUT2D eigenvalue weighted by Gasteiger charge is 2.40. The Morgan fingerprint density at radius 2 is 2.10 bits per heavy atom. The Balaban J connectivity index is 1.86. The lowest BCUT2D eigenvalue weighted by Crippen LogP contribution is -2.43. The first-order valence-corrected chi connectivity index (χ1v) is 11.3. The molecule has 3 atom stereocenters. The third-order valence-electron chi connectivity index (χ3n) is 5.34. The second kappa shape index (κ2) is 8.91. The average molecular weight is 445 g/mol. The lowest BCUT2D eigenvalue weighted by atomic mass is 10.1. The van der Waals surface area contributed by atoms with E-state index in [1.54, 1.807) is 0 Å². The molecule has 160 valence electrons. The van der Waals surface area contributed by atoms with Gasteiger partial charge in [-0.1, -0.05) is 23.3 Å². The molecule has 1 aromatic rings. The van der Waals surface area contributed by atoms with Crippen LogP contribution >= 0.6 is 11.6 Å². The number of carbonyl (C=O) groups is 1. The summed E-state index contributed by atoms with van der Waals surface area (Å²) in [4.78, 5) is 11.9. The standard InChI is InChI=1S/C19H25ClN2O6S/c1-11-4-3-5-13(11)21-19(24)22-14-7-6-12(20)18(17(14)23)29(25,26)16-8-9-28-10-15(16)27-2/h4,6-7,13,15-16,23H,3,5,8-10H2,1-2H3,(H2,21,22,24). The summed E-state index contributed by atoms with van der Waals surface area (Å²) in [6.45, 7) is 2.33. The number of allylic oxidation sites excluding steroid dienone is 1. The van der Waals surface area contributed by atoms with Crippen LogP contribution in [0.4, 0.5) is 10.5 Å². The highest BCUT2D eigenvalue weighted by molar-refractivity contribution is 7.92. The number of aromatic hydroxyl groups is 1. The van der Waals surface area contributed by atoms with Crippen LogP contribution in [0.1, 0.15) is 26.2 Å². The predicted octanol–water partition coefficient (Wildman–Crippen LogP) is 2.85. The van der Waals surface area contributed by atoms with Gasteiger partial charge in [-0.2, -0.15) is 0 Å². The van der Waals surface area contributed by atoms with Gasteiger partial charge in [0.05, 0.1) is 34.7 Å². The van der Waals surface area contributed by atoms with Gasteiger partial charge in [-0.05, 0) is 38.3 Å². The van der Waals surface area contributed by atoms with Crippen molar-refractivity contribution < 1.29 is 27.8 Å². The number of rotatable bonds is 5. The Labute approximate surface area is 175 Å². The summed E-state index contributed by atoms with van der Waals surface area (Å²) in [5, 5.41) is 15.0. The van der Waals surface area contributed by atoms with Crippen LogP contribution in [0.3, 0.4) is 0 Å². The van der Waals surface area contributed by atoms with E-state index in [2.05, 4.69) is 16.7 Å². The molecule has 3 rings (SSSR count). The van der Waals surface area contributed by atoms with Crippen LogP contribution in [0.5, 0.6) is 5.75 Å². The van der Waals surface area contributed by atoms with Crippen molar-refractivity contribution in [1.29, 1.82) is 0 Å². The first-order valence-electron chi connectivity index (χ1n) is 9.35. The highest BCUT2D eigenvalue weighted by Crippen LogP contribution is 2.40. The lowest BCUT2D eigenvalue weighted by Gasteiger charge is -2.30. The third-order valence-corrected chi connectivity index (χ3v) is 8.08. The molecule has 3 unspecified atom stereocenters. The fraction of sp³-hybridized carbons (Fsp3) is 0.526. The number of phenols is 1. The van der Waals surface area contributed by atoms with E-state index in [1.807, 2.05) is 6.92 Å². The van der Waals surface area contributed by atoms with E-state index in [-0.39, 0.29) is 36.4 Å². The van der Waals surface area contributed by atoms with Crippen molar-refractivity contribution >= 4 is 33.2 Å². The van der Waals surface area contributed by atoms with Crippen molar-refractivity contribution in [2.75, 3.05) is 25.6 Å². The van der Waals surface area contributed by atoms with E-state index in [4.69, 9.17) is 21.1 Å². The maximum atomic E-state index is 13.2. The zero-order chi connectivity index (χ0) is 21.2. The molecule has 1 aliphatic carbocycles. The number of benzene rings is 1. The zero-order valence-corrected chi connectivity index (χ0v) is 17.8. The maximum Gasteiger partial charge on any atom is 0.319 e. The fourth-order valence-electron chi connectivity index (χ4n) is 3.69. The molecular formula is C19H25ClN2O6S. The van der Waals surface area contributed by atoms with Gasteiger partial charge < -0.3 is 25.2 Å². The molecule has 3 N–H and O–H groups in total. The lowest BCUT2D eigenvalue weighted by molar-refractivity contribution is -0.0263. The molecule has 1 aliphatic heterocycles. The number of carbonyl (C=O) groups excluding carboxylic acids is 1. The molecule has 0 bridgehead atoms. The molecule has 1 heterocycles. The van der Waals surface area contributed by atoms with Gasteiger partial charge in [0.15, 0.2) is 15.6 Å². The van der Waals surface area contributed by atoms with Gasteiger partial charge in [0.2, 0.25) is 0 Å². The van der Waals surface area contributed by atoms with Crippen molar-refractivity contribution in [1.82, 2.24) is 5.32 Å². The largest absolute Gasteiger partial charge is 0.504 e. The summed E-state index contributed by atoms with van der Waals surface area (Å²) >= 11 is 6.14. The van der Waals surface area contributed by atoms with E-state index in [1.165, 1.54) is 19.2 Å². The first kappa shape index (κ1) is 21.9. The Hall–Kier alpha value is -1.81. The van der Waals surface area contributed by atoms with Crippen molar-refractivity contribution in [2.24, 2.45) is 0 Å². The number of sulfone groups is 1. The number of nitrogens with one attached hydrogen (secondary N) is 2. The van der Waals surface area contributed by atoms with Crippen LogP contribution in [-0.4, -0.2) is 57.3 Å². The second-order valence-corrected chi connectivity index (χ2v) is 9.68. The molecule has 2 amide bonds. The van der Waals surface area contributed by atoms with Crippen LogP contribution in [0, 0.1) is 0 Å². The first-order chi connectivity index (χ1) is 13.8. The van der Waals surface area contributed by atoms with Gasteiger partial charge in [-0.15, -0.1) is 0 Å². The summed E-state index contributed by atoms with van der Waals surface area (Å²) in [5.41, 5.74) is 1.03. The van der Waals surface area contributed by atoms with Crippen LogP contribution in [0.15, 0.2) is 28.7 Å². The molecule has 0 aromatic heterocycles. The number of ether oxygens (including phenoxy) is 2. The number of amides is 2. The number of phenolic OH excluding ortho intramolecular Hbond substituents is 1. The van der Waals surface area contributed by atoms with Gasteiger partial charge in [-0.3, -0.25) is 0 Å². The van der Waals surface area contributed by atoms with E-state index in [9.17, 15) is 18.3 Å². The van der Waals surface area contributed by atoms with E-state index < -0.39 is 37.9 Å². The van der Waals surface area contributed by atoms with Crippen LogP contribution in [-0.2, 0) is 19.3 Å². The normalized spacial score (nSPS) is 24.8. The van der Waals surface area contributed by atoms with E-state index >= 15 is 0 Å². The van der Waals surface area contributed by atoms with Crippen molar-refractivity contribution in [3.8, 4) is 5.75 Å². The van der Waals surface area contributed by atoms with Gasteiger partial charge in [-0.25, -0.2) is 13.2 Å². The molecule has 0 saturated carbocycles. The van der Waals surface area contributed by atoms with Gasteiger partial charge in [0.1, 0.15) is 4.90 Å². The fourth-order valence-corrected chi connectivity index (χ4v) is 6.18. The number of urea groups is 1. The minimum atomic E-state index is -4.04. The molecule has 1 aromatic carbocycles. The minimum Gasteiger partial charge on any atom is -0.504 e. The Morgan fingerprint density at radius 1 is 1.34 bits per heavy atom. The monoisotopic (exact) mass is 444 g/mol. The molecule has 1 saturated heterocycles. The summed E-state index contributed by atoms with van der Waals surface area (Å²) < 4.78 is 37.0. The van der Waals surface area contributed by atoms with Crippen molar-refractivity contribution in [2.45, 2.75) is 48.5 Å². The predicted molar refractivity (Wildman–Crippen MR) is 109 cm³/mol. The molecule has 0 spiro atoms. The van der Waals surface area contributed by atoms with Gasteiger partial charge >= 0.3 is 6.03 Å². The molecule has 2 aliphatic rings. The summed E-state index contributed by atoms with van der Waals surface area (Å²) in [6, 6.07) is 2.08. The van der Waals surface area contributed by atoms with E-state index in [0.29, 0.717) is 0 Å². The molecular weight excluding hydrogens is 420 g/mol. The minimum absolute atomic E-state index is 0.0360. The Morgan fingerprint density at radius 3 is 2.76 bits per heavy atom. The smallest absolute Gasteiger partial charge is 0.319 e. The summed E-state index contributed by atoms with van der Waals surface area (Å²) in [7, 11) is -2.63. The molecule has 29 heavy (non-hydrogen) atoms. The highest BCUT2D eigenvalue weighted by atomic mass is 35.5. The summed E-state index contributed by atoms with van der Waals surface area (Å²) in [5.74, 6) is -0.590. The molecule has 0 radical (unpaired) electrons.